The molecule has 0 saturated carbocycles. The minimum absolute atomic E-state index is 0.0655. The van der Waals surface area contributed by atoms with E-state index in [0.29, 0.717) is 19.5 Å². The number of carbonyl (C=O) groups excluding carboxylic acids is 2. The molecule has 1 heterocycles. The maximum absolute atomic E-state index is 12.3. The topological polar surface area (TPSA) is 95.7 Å². The fraction of sp³-hybridized carbons (Fsp3) is 0.833. The van der Waals surface area contributed by atoms with Gasteiger partial charge in [0.1, 0.15) is 6.04 Å². The molecule has 110 valence electrons. The summed E-state index contributed by atoms with van der Waals surface area (Å²) < 4.78 is 0. The predicted molar refractivity (Wildman–Crippen MR) is 75.9 cm³/mol. The van der Waals surface area contributed by atoms with Crippen LogP contribution in [0.2, 0.25) is 0 Å². The van der Waals surface area contributed by atoms with Crippen LogP contribution in [-0.2, 0) is 4.79 Å². The summed E-state index contributed by atoms with van der Waals surface area (Å²) in [7, 11) is 0. The van der Waals surface area contributed by atoms with Crippen molar-refractivity contribution in [3.63, 3.8) is 0 Å². The van der Waals surface area contributed by atoms with E-state index in [1.165, 1.54) is 0 Å². The number of nitrogens with one attached hydrogen (secondary N) is 1. The average Bonchev–Trinajstić information content (AvgIpc) is 2.42. The van der Waals surface area contributed by atoms with E-state index in [-0.39, 0.29) is 18.4 Å². The number of piperidine rings is 1. The van der Waals surface area contributed by atoms with E-state index >= 15 is 0 Å². The Morgan fingerprint density at radius 3 is 2.58 bits per heavy atom. The van der Waals surface area contributed by atoms with E-state index in [1.54, 1.807) is 16.7 Å². The van der Waals surface area contributed by atoms with Gasteiger partial charge in [0.15, 0.2) is 0 Å². The van der Waals surface area contributed by atoms with Gasteiger partial charge in [-0.25, -0.2) is 4.79 Å². The molecule has 4 N–H and O–H groups in total. The van der Waals surface area contributed by atoms with E-state index in [2.05, 4.69) is 5.32 Å². The zero-order valence-corrected chi connectivity index (χ0v) is 12.1. The minimum atomic E-state index is -0.662. The maximum atomic E-state index is 12.3. The number of aliphatic hydroxyl groups excluding tert-OH is 1. The highest BCUT2D eigenvalue weighted by molar-refractivity contribution is 7.98. The first-order valence-electron chi connectivity index (χ1n) is 6.53. The number of thioether (sulfide) groups is 1. The molecule has 0 aliphatic carbocycles. The molecule has 1 aliphatic heterocycles. The third-order valence-corrected chi connectivity index (χ3v) is 4.05. The summed E-state index contributed by atoms with van der Waals surface area (Å²) >= 11 is 1.63. The molecule has 0 bridgehead atoms. The summed E-state index contributed by atoms with van der Waals surface area (Å²) in [5.41, 5.74) is 5.12. The third kappa shape index (κ3) is 5.28. The molecule has 0 spiro atoms. The Kier molecular flexibility index (Phi) is 7.01. The minimum Gasteiger partial charge on any atom is -0.396 e. The lowest BCUT2D eigenvalue weighted by atomic mass is 9.97. The highest BCUT2D eigenvalue weighted by atomic mass is 32.2. The van der Waals surface area contributed by atoms with E-state index in [4.69, 9.17) is 10.8 Å². The molecule has 3 amide bonds. The van der Waals surface area contributed by atoms with Crippen molar-refractivity contribution in [2.24, 2.45) is 11.7 Å². The van der Waals surface area contributed by atoms with Gasteiger partial charge in [-0.05, 0) is 37.2 Å². The van der Waals surface area contributed by atoms with Crippen molar-refractivity contribution in [3.8, 4) is 0 Å². The number of rotatable bonds is 6. The van der Waals surface area contributed by atoms with Gasteiger partial charge in [0.25, 0.3) is 0 Å². The smallest absolute Gasteiger partial charge is 0.312 e. The Balaban J connectivity index is 2.53. The van der Waals surface area contributed by atoms with Crippen LogP contribution in [0.1, 0.15) is 19.3 Å². The quantitative estimate of drug-likeness (QED) is 0.642. The molecule has 0 aromatic heterocycles. The van der Waals surface area contributed by atoms with Crippen molar-refractivity contribution in [1.82, 2.24) is 10.2 Å². The molecule has 0 radical (unpaired) electrons. The van der Waals surface area contributed by atoms with Crippen LogP contribution in [0.25, 0.3) is 0 Å². The first-order chi connectivity index (χ1) is 9.08. The molecular weight excluding hydrogens is 266 g/mol. The highest BCUT2D eigenvalue weighted by Crippen LogP contribution is 2.17. The van der Waals surface area contributed by atoms with E-state index in [0.717, 1.165) is 18.6 Å². The first kappa shape index (κ1) is 16.1. The van der Waals surface area contributed by atoms with Crippen molar-refractivity contribution in [3.05, 3.63) is 0 Å². The van der Waals surface area contributed by atoms with Crippen LogP contribution in [0, 0.1) is 5.92 Å². The summed E-state index contributed by atoms with van der Waals surface area (Å²) in [6, 6.07) is -1.19. The molecule has 19 heavy (non-hydrogen) atoms. The van der Waals surface area contributed by atoms with E-state index in [9.17, 15) is 9.59 Å². The van der Waals surface area contributed by atoms with Gasteiger partial charge >= 0.3 is 6.03 Å². The number of urea groups is 1. The molecule has 1 aliphatic rings. The number of likely N-dealkylation sites (tertiary alicyclic amines) is 1. The molecular formula is C12H23N3O3S. The second kappa shape index (κ2) is 8.27. The number of carbonyl (C=O) groups is 2. The fourth-order valence-corrected chi connectivity index (χ4v) is 2.69. The Labute approximate surface area is 118 Å². The van der Waals surface area contributed by atoms with E-state index in [1.807, 2.05) is 6.26 Å². The second-order valence-electron chi connectivity index (χ2n) is 4.79. The van der Waals surface area contributed by atoms with Crippen LogP contribution in [0.15, 0.2) is 0 Å². The van der Waals surface area contributed by atoms with Crippen molar-refractivity contribution in [2.45, 2.75) is 25.3 Å². The third-order valence-electron chi connectivity index (χ3n) is 3.41. The molecule has 6 nitrogen and oxygen atoms in total. The number of amides is 3. The Hall–Kier alpha value is -0.950. The van der Waals surface area contributed by atoms with Gasteiger partial charge in [0, 0.05) is 19.7 Å². The number of primary amides is 1. The van der Waals surface area contributed by atoms with Crippen LogP contribution in [-0.4, -0.2) is 59.7 Å². The Bertz CT molecular complexity index is 307. The lowest BCUT2D eigenvalue weighted by molar-refractivity contribution is -0.134. The number of hydrogen-bond donors (Lipinski definition) is 3. The molecule has 1 atom stereocenters. The Morgan fingerprint density at radius 1 is 1.47 bits per heavy atom. The summed E-state index contributed by atoms with van der Waals surface area (Å²) in [4.78, 5) is 25.0. The Morgan fingerprint density at radius 2 is 2.11 bits per heavy atom. The van der Waals surface area contributed by atoms with Gasteiger partial charge in [0.05, 0.1) is 0 Å². The van der Waals surface area contributed by atoms with Gasteiger partial charge in [-0.2, -0.15) is 11.8 Å². The highest BCUT2D eigenvalue weighted by Gasteiger charge is 2.28. The van der Waals surface area contributed by atoms with Crippen LogP contribution in [0.3, 0.4) is 0 Å². The van der Waals surface area contributed by atoms with Gasteiger partial charge in [0.2, 0.25) is 5.91 Å². The summed E-state index contributed by atoms with van der Waals surface area (Å²) in [6.07, 6.45) is 4.17. The van der Waals surface area contributed by atoms with E-state index < -0.39 is 12.1 Å². The normalized spacial score (nSPS) is 18.1. The average molecular weight is 289 g/mol. The van der Waals surface area contributed by atoms with Crippen molar-refractivity contribution in [2.75, 3.05) is 31.7 Å². The van der Waals surface area contributed by atoms with Crippen LogP contribution in [0.5, 0.6) is 0 Å². The molecule has 1 fully saturated rings. The lowest BCUT2D eigenvalue weighted by Gasteiger charge is -2.33. The molecule has 7 heteroatoms. The van der Waals surface area contributed by atoms with Crippen LogP contribution in [0.4, 0.5) is 4.79 Å². The predicted octanol–water partition coefficient (Wildman–Crippen LogP) is 0.00730. The number of aliphatic hydroxyl groups is 1. The van der Waals surface area contributed by atoms with Crippen molar-refractivity contribution < 1.29 is 14.7 Å². The fourth-order valence-electron chi connectivity index (χ4n) is 2.22. The molecule has 0 aromatic rings. The number of hydrogen-bond acceptors (Lipinski definition) is 4. The van der Waals surface area contributed by atoms with Gasteiger partial charge < -0.3 is 21.1 Å². The monoisotopic (exact) mass is 289 g/mol. The molecule has 1 saturated heterocycles. The van der Waals surface area contributed by atoms with Crippen LogP contribution >= 0.6 is 11.8 Å². The van der Waals surface area contributed by atoms with Gasteiger partial charge in [-0.3, -0.25) is 4.79 Å². The maximum Gasteiger partial charge on any atom is 0.312 e. The SMILES string of the molecule is CSCCC(NC(N)=O)C(=O)N1CCC(CO)CC1. The summed E-state index contributed by atoms with van der Waals surface area (Å²) in [5.74, 6) is 1.02. The first-order valence-corrected chi connectivity index (χ1v) is 7.92. The molecule has 1 rings (SSSR count). The number of nitrogens with two attached hydrogens (primary N) is 1. The lowest BCUT2D eigenvalue weighted by Crippen LogP contribution is -2.52. The molecule has 1 unspecified atom stereocenters. The molecule has 0 aromatic carbocycles. The zero-order valence-electron chi connectivity index (χ0n) is 11.3. The van der Waals surface area contributed by atoms with Gasteiger partial charge in [-0.15, -0.1) is 0 Å². The van der Waals surface area contributed by atoms with Crippen molar-refractivity contribution in [1.29, 1.82) is 0 Å². The van der Waals surface area contributed by atoms with Crippen LogP contribution < -0.4 is 11.1 Å². The standard InChI is InChI=1S/C12H23N3O3S/c1-19-7-4-10(14-12(13)18)11(17)15-5-2-9(8-16)3-6-15/h9-10,16H,2-8H2,1H3,(H3,13,14,18). The summed E-state index contributed by atoms with van der Waals surface area (Å²) in [5, 5.41) is 11.6. The largest absolute Gasteiger partial charge is 0.396 e. The van der Waals surface area contributed by atoms with Crippen molar-refractivity contribution >= 4 is 23.7 Å². The zero-order chi connectivity index (χ0) is 14.3. The number of nitrogens with zero attached hydrogens (tertiary/aromatic N) is 1. The second-order valence-corrected chi connectivity index (χ2v) is 5.78. The summed E-state index contributed by atoms with van der Waals surface area (Å²) in [6.45, 7) is 1.46. The van der Waals surface area contributed by atoms with Gasteiger partial charge in [-0.1, -0.05) is 0 Å².